The van der Waals surface area contributed by atoms with Gasteiger partial charge in [0.2, 0.25) is 0 Å². The van der Waals surface area contributed by atoms with Gasteiger partial charge in [-0.05, 0) is 25.8 Å². The molecule has 1 aliphatic carbocycles. The van der Waals surface area contributed by atoms with Crippen molar-refractivity contribution in [2.45, 2.75) is 32.2 Å². The maximum Gasteiger partial charge on any atom is 0.0797 e. The molecule has 1 aliphatic rings. The Bertz CT molecular complexity index is 257. The largest absolute Gasteiger partial charge is 0.314 e. The molecule has 1 N–H and O–H groups in total. The van der Waals surface area contributed by atoms with Crippen LogP contribution in [0.3, 0.4) is 0 Å². The number of nitrogens with one attached hydrogen (secondary N) is 1. The number of nitrogens with zero attached hydrogens (tertiary/aromatic N) is 1. The van der Waals surface area contributed by atoms with Crippen LogP contribution in [0.5, 0.6) is 0 Å². The third-order valence-electron chi connectivity index (χ3n) is 2.38. The predicted molar refractivity (Wildman–Crippen MR) is 51.6 cm³/mol. The molecule has 1 unspecified atom stereocenters. The number of aromatic nitrogens is 1. The van der Waals surface area contributed by atoms with Gasteiger partial charge in [-0.25, -0.2) is 4.98 Å². The second-order valence-electron chi connectivity index (χ2n) is 3.22. The van der Waals surface area contributed by atoms with Crippen LogP contribution in [0.15, 0.2) is 5.51 Å². The SMILES string of the molecule is CCNC1CCc2ncsc2C1. The number of aryl methyl sites for hydroxylation is 1. The molecule has 0 bridgehead atoms. The number of thiazole rings is 1. The molecular formula is C9H14N2S. The van der Waals surface area contributed by atoms with E-state index in [1.165, 1.54) is 23.4 Å². The fourth-order valence-corrected chi connectivity index (χ4v) is 2.66. The van der Waals surface area contributed by atoms with E-state index in [1.54, 1.807) is 11.3 Å². The van der Waals surface area contributed by atoms with Gasteiger partial charge in [-0.3, -0.25) is 0 Å². The average molecular weight is 182 g/mol. The Morgan fingerprint density at radius 1 is 1.75 bits per heavy atom. The van der Waals surface area contributed by atoms with E-state index >= 15 is 0 Å². The molecule has 2 rings (SSSR count). The Kier molecular flexibility index (Phi) is 2.42. The summed E-state index contributed by atoms with van der Waals surface area (Å²) in [5.41, 5.74) is 3.31. The molecule has 0 saturated heterocycles. The Hall–Kier alpha value is -0.410. The fourth-order valence-electron chi connectivity index (χ4n) is 1.76. The van der Waals surface area contributed by atoms with Gasteiger partial charge in [-0.2, -0.15) is 0 Å². The van der Waals surface area contributed by atoms with E-state index in [4.69, 9.17) is 0 Å². The molecule has 0 saturated carbocycles. The van der Waals surface area contributed by atoms with Crippen molar-refractivity contribution in [3.8, 4) is 0 Å². The Balaban J connectivity index is 2.05. The minimum Gasteiger partial charge on any atom is -0.314 e. The van der Waals surface area contributed by atoms with E-state index < -0.39 is 0 Å². The first kappa shape index (κ1) is 8.20. The van der Waals surface area contributed by atoms with Gasteiger partial charge in [0.05, 0.1) is 11.2 Å². The van der Waals surface area contributed by atoms with Gasteiger partial charge >= 0.3 is 0 Å². The van der Waals surface area contributed by atoms with E-state index in [1.807, 2.05) is 5.51 Å². The van der Waals surface area contributed by atoms with Gasteiger partial charge in [0, 0.05) is 10.9 Å². The predicted octanol–water partition coefficient (Wildman–Crippen LogP) is 1.61. The quantitative estimate of drug-likeness (QED) is 0.751. The highest BCUT2D eigenvalue weighted by atomic mass is 32.1. The van der Waals surface area contributed by atoms with E-state index in [9.17, 15) is 0 Å². The van der Waals surface area contributed by atoms with Crippen molar-refractivity contribution >= 4 is 11.3 Å². The summed E-state index contributed by atoms with van der Waals surface area (Å²) in [5.74, 6) is 0. The summed E-state index contributed by atoms with van der Waals surface area (Å²) in [5, 5.41) is 3.49. The first-order chi connectivity index (χ1) is 5.90. The zero-order chi connectivity index (χ0) is 8.39. The van der Waals surface area contributed by atoms with Crippen LogP contribution in [0.25, 0.3) is 0 Å². The lowest BCUT2D eigenvalue weighted by atomic mass is 9.98. The number of fused-ring (bicyclic) bond motifs is 1. The summed E-state index contributed by atoms with van der Waals surface area (Å²) in [6, 6.07) is 0.697. The van der Waals surface area contributed by atoms with Crippen LogP contribution in [0.2, 0.25) is 0 Å². The first-order valence-electron chi connectivity index (χ1n) is 4.54. The topological polar surface area (TPSA) is 24.9 Å². The van der Waals surface area contributed by atoms with Crippen LogP contribution in [-0.2, 0) is 12.8 Å². The second kappa shape index (κ2) is 3.54. The Morgan fingerprint density at radius 3 is 3.50 bits per heavy atom. The molecule has 12 heavy (non-hydrogen) atoms. The van der Waals surface area contributed by atoms with Gasteiger partial charge in [0.15, 0.2) is 0 Å². The van der Waals surface area contributed by atoms with E-state index in [2.05, 4.69) is 17.2 Å². The van der Waals surface area contributed by atoms with Gasteiger partial charge in [0.25, 0.3) is 0 Å². The van der Waals surface area contributed by atoms with Gasteiger partial charge in [0.1, 0.15) is 0 Å². The Morgan fingerprint density at radius 2 is 2.67 bits per heavy atom. The number of hydrogen-bond donors (Lipinski definition) is 1. The zero-order valence-electron chi connectivity index (χ0n) is 7.34. The lowest BCUT2D eigenvalue weighted by Crippen LogP contribution is -2.33. The van der Waals surface area contributed by atoms with Gasteiger partial charge in [-0.1, -0.05) is 6.92 Å². The highest BCUT2D eigenvalue weighted by molar-refractivity contribution is 7.09. The molecule has 1 aromatic heterocycles. The highest BCUT2D eigenvalue weighted by Gasteiger charge is 2.19. The summed E-state index contributed by atoms with van der Waals surface area (Å²) in [6.45, 7) is 3.25. The first-order valence-corrected chi connectivity index (χ1v) is 5.42. The molecule has 3 heteroatoms. The summed E-state index contributed by atoms with van der Waals surface area (Å²) in [6.07, 6.45) is 3.61. The maximum atomic E-state index is 4.34. The second-order valence-corrected chi connectivity index (χ2v) is 4.16. The zero-order valence-corrected chi connectivity index (χ0v) is 8.16. The summed E-state index contributed by atoms with van der Waals surface area (Å²) in [7, 11) is 0. The third-order valence-corrected chi connectivity index (χ3v) is 3.28. The highest BCUT2D eigenvalue weighted by Crippen LogP contribution is 2.23. The smallest absolute Gasteiger partial charge is 0.0797 e. The summed E-state index contributed by atoms with van der Waals surface area (Å²) in [4.78, 5) is 5.83. The molecular weight excluding hydrogens is 168 g/mol. The summed E-state index contributed by atoms with van der Waals surface area (Å²) >= 11 is 1.80. The normalized spacial score (nSPS) is 22.2. The molecule has 2 nitrogen and oxygen atoms in total. The molecule has 1 aromatic rings. The van der Waals surface area contributed by atoms with Crippen LogP contribution in [0.1, 0.15) is 23.9 Å². The van der Waals surface area contributed by atoms with Crippen molar-refractivity contribution in [2.24, 2.45) is 0 Å². The molecule has 0 fully saturated rings. The van der Waals surface area contributed by atoms with E-state index in [0.717, 1.165) is 13.0 Å². The molecule has 66 valence electrons. The molecule has 0 radical (unpaired) electrons. The fraction of sp³-hybridized carbons (Fsp3) is 0.667. The lowest BCUT2D eigenvalue weighted by molar-refractivity contribution is 0.471. The van der Waals surface area contributed by atoms with Crippen molar-refractivity contribution in [1.29, 1.82) is 0 Å². The van der Waals surface area contributed by atoms with Crippen molar-refractivity contribution in [3.05, 3.63) is 16.1 Å². The van der Waals surface area contributed by atoms with E-state index in [0.29, 0.717) is 6.04 Å². The van der Waals surface area contributed by atoms with Crippen molar-refractivity contribution in [1.82, 2.24) is 10.3 Å². The maximum absolute atomic E-state index is 4.34. The number of hydrogen-bond acceptors (Lipinski definition) is 3. The lowest BCUT2D eigenvalue weighted by Gasteiger charge is -2.21. The number of rotatable bonds is 2. The van der Waals surface area contributed by atoms with Crippen LogP contribution >= 0.6 is 11.3 Å². The van der Waals surface area contributed by atoms with Crippen molar-refractivity contribution in [2.75, 3.05) is 6.54 Å². The third kappa shape index (κ3) is 1.52. The van der Waals surface area contributed by atoms with Crippen LogP contribution in [0.4, 0.5) is 0 Å². The van der Waals surface area contributed by atoms with Crippen LogP contribution in [-0.4, -0.2) is 17.6 Å². The molecule has 0 aromatic carbocycles. The molecule has 0 amide bonds. The molecule has 1 heterocycles. The monoisotopic (exact) mass is 182 g/mol. The van der Waals surface area contributed by atoms with Crippen LogP contribution in [0, 0.1) is 0 Å². The summed E-state index contributed by atoms with van der Waals surface area (Å²) < 4.78 is 0. The number of likely N-dealkylation sites (N-methyl/N-ethyl adjacent to an activating group) is 1. The van der Waals surface area contributed by atoms with Crippen molar-refractivity contribution < 1.29 is 0 Å². The van der Waals surface area contributed by atoms with Gasteiger partial charge < -0.3 is 5.32 Å². The van der Waals surface area contributed by atoms with Crippen molar-refractivity contribution in [3.63, 3.8) is 0 Å². The van der Waals surface area contributed by atoms with Gasteiger partial charge in [-0.15, -0.1) is 11.3 Å². The molecule has 1 atom stereocenters. The Labute approximate surface area is 77.0 Å². The minimum atomic E-state index is 0.697. The molecule has 0 spiro atoms. The molecule has 0 aliphatic heterocycles. The van der Waals surface area contributed by atoms with E-state index in [-0.39, 0.29) is 0 Å². The standard InChI is InChI=1S/C9H14N2S/c1-2-10-7-3-4-8-9(5-7)12-6-11-8/h6-7,10H,2-5H2,1H3. The minimum absolute atomic E-state index is 0.697. The average Bonchev–Trinajstić information content (AvgIpc) is 2.51. The van der Waals surface area contributed by atoms with Crippen LogP contribution < -0.4 is 5.32 Å².